The van der Waals surface area contributed by atoms with Crippen molar-refractivity contribution < 1.29 is 22.6 Å². The summed E-state index contributed by atoms with van der Waals surface area (Å²) in [7, 11) is 0. The van der Waals surface area contributed by atoms with E-state index in [1.807, 2.05) is 6.92 Å². The van der Waals surface area contributed by atoms with Gasteiger partial charge in [-0.25, -0.2) is 0 Å². The van der Waals surface area contributed by atoms with Crippen molar-refractivity contribution in [3.05, 3.63) is 0 Å². The lowest BCUT2D eigenvalue weighted by molar-refractivity contribution is -0.215. The van der Waals surface area contributed by atoms with Gasteiger partial charge in [0.05, 0.1) is 5.60 Å². The normalized spacial score (nSPS) is 28.0. The molecule has 90 valence electrons. The van der Waals surface area contributed by atoms with E-state index in [1.54, 1.807) is 0 Å². The predicted octanol–water partition coefficient (Wildman–Crippen LogP) is 1.68. The van der Waals surface area contributed by atoms with Crippen LogP contribution in [0.5, 0.6) is 0 Å². The Morgan fingerprint density at radius 3 is 2.67 bits per heavy atom. The molecule has 1 saturated heterocycles. The number of ether oxygens (including phenoxy) is 2. The number of alkyl halides is 3. The Morgan fingerprint density at radius 1 is 1.40 bits per heavy atom. The second-order valence-corrected chi connectivity index (χ2v) is 3.96. The first kappa shape index (κ1) is 12.7. The lowest BCUT2D eigenvalue weighted by atomic mass is 9.96. The molecular formula is C9H16F3NO2. The van der Waals surface area contributed by atoms with Gasteiger partial charge in [0.2, 0.25) is 0 Å². The average molecular weight is 227 g/mol. The zero-order valence-corrected chi connectivity index (χ0v) is 8.69. The van der Waals surface area contributed by atoms with E-state index < -0.39 is 18.4 Å². The van der Waals surface area contributed by atoms with Crippen molar-refractivity contribution in [3.63, 3.8) is 0 Å². The van der Waals surface area contributed by atoms with E-state index in [9.17, 15) is 13.2 Å². The van der Waals surface area contributed by atoms with E-state index in [1.165, 1.54) is 0 Å². The SMILES string of the molecule is CC1(OCOCC(F)(F)F)CCCNC1. The minimum absolute atomic E-state index is 0.308. The molecule has 1 N–H and O–H groups in total. The van der Waals surface area contributed by atoms with Gasteiger partial charge in [-0.2, -0.15) is 13.2 Å². The maximum Gasteiger partial charge on any atom is 0.411 e. The molecule has 15 heavy (non-hydrogen) atoms. The first-order valence-corrected chi connectivity index (χ1v) is 4.90. The number of piperidine rings is 1. The number of nitrogens with one attached hydrogen (secondary N) is 1. The summed E-state index contributed by atoms with van der Waals surface area (Å²) in [6, 6.07) is 0. The highest BCUT2D eigenvalue weighted by Gasteiger charge is 2.30. The molecule has 0 aromatic rings. The van der Waals surface area contributed by atoms with E-state index in [4.69, 9.17) is 4.74 Å². The third-order valence-electron chi connectivity index (χ3n) is 2.31. The van der Waals surface area contributed by atoms with E-state index in [-0.39, 0.29) is 6.79 Å². The summed E-state index contributed by atoms with van der Waals surface area (Å²) in [5.74, 6) is 0. The summed E-state index contributed by atoms with van der Waals surface area (Å²) in [4.78, 5) is 0. The third-order valence-corrected chi connectivity index (χ3v) is 2.31. The van der Waals surface area contributed by atoms with Crippen molar-refractivity contribution in [2.45, 2.75) is 31.5 Å². The fourth-order valence-electron chi connectivity index (χ4n) is 1.49. The molecule has 0 radical (unpaired) electrons. The van der Waals surface area contributed by atoms with Crippen LogP contribution in [0.25, 0.3) is 0 Å². The minimum atomic E-state index is -4.28. The fourth-order valence-corrected chi connectivity index (χ4v) is 1.49. The molecule has 1 aliphatic rings. The summed E-state index contributed by atoms with van der Waals surface area (Å²) < 4.78 is 44.8. The first-order chi connectivity index (χ1) is 6.91. The molecule has 3 nitrogen and oxygen atoms in total. The van der Waals surface area contributed by atoms with Gasteiger partial charge in [0.15, 0.2) is 0 Å². The van der Waals surface area contributed by atoms with E-state index in [0.29, 0.717) is 6.54 Å². The minimum Gasteiger partial charge on any atom is -0.348 e. The average Bonchev–Trinajstić information content (AvgIpc) is 2.12. The summed E-state index contributed by atoms with van der Waals surface area (Å²) in [5, 5.41) is 3.13. The maximum absolute atomic E-state index is 11.7. The topological polar surface area (TPSA) is 30.5 Å². The van der Waals surface area contributed by atoms with Crippen LogP contribution in [0, 0.1) is 0 Å². The van der Waals surface area contributed by atoms with Crippen LogP contribution in [-0.4, -0.2) is 38.3 Å². The maximum atomic E-state index is 11.7. The number of halogens is 3. The molecular weight excluding hydrogens is 211 g/mol. The van der Waals surface area contributed by atoms with Gasteiger partial charge in [-0.3, -0.25) is 0 Å². The Morgan fingerprint density at radius 2 is 2.13 bits per heavy atom. The van der Waals surface area contributed by atoms with Crippen LogP contribution in [0.15, 0.2) is 0 Å². The van der Waals surface area contributed by atoms with Gasteiger partial charge in [0.1, 0.15) is 13.4 Å². The summed E-state index contributed by atoms with van der Waals surface area (Å²) >= 11 is 0. The standard InChI is InChI=1S/C9H16F3NO2/c1-8(3-2-4-13-5-8)15-7-14-6-9(10,11)12/h13H,2-7H2,1H3. The molecule has 0 aromatic heterocycles. The highest BCUT2D eigenvalue weighted by Crippen LogP contribution is 2.20. The smallest absolute Gasteiger partial charge is 0.348 e. The summed E-state index contributed by atoms with van der Waals surface area (Å²) in [6.07, 6.45) is -2.47. The Labute approximate surface area is 86.9 Å². The highest BCUT2D eigenvalue weighted by molar-refractivity contribution is 4.82. The fraction of sp³-hybridized carbons (Fsp3) is 1.00. The summed E-state index contributed by atoms with van der Waals surface area (Å²) in [6.45, 7) is 1.90. The summed E-state index contributed by atoms with van der Waals surface area (Å²) in [5.41, 5.74) is -0.399. The number of hydrogen-bond acceptors (Lipinski definition) is 3. The molecule has 0 aliphatic carbocycles. The van der Waals surface area contributed by atoms with Crippen LogP contribution in [0.1, 0.15) is 19.8 Å². The molecule has 1 atom stereocenters. The molecule has 6 heteroatoms. The molecule has 1 unspecified atom stereocenters. The van der Waals surface area contributed by atoms with Gasteiger partial charge in [-0.15, -0.1) is 0 Å². The van der Waals surface area contributed by atoms with Gasteiger partial charge in [-0.1, -0.05) is 0 Å². The molecule has 0 bridgehead atoms. The van der Waals surface area contributed by atoms with Crippen molar-refractivity contribution in [3.8, 4) is 0 Å². The van der Waals surface area contributed by atoms with E-state index >= 15 is 0 Å². The van der Waals surface area contributed by atoms with Crippen LogP contribution < -0.4 is 5.32 Å². The van der Waals surface area contributed by atoms with Crippen molar-refractivity contribution in [1.82, 2.24) is 5.32 Å². The second kappa shape index (κ2) is 5.14. The van der Waals surface area contributed by atoms with Crippen LogP contribution in [0.4, 0.5) is 13.2 Å². The zero-order chi connectivity index (χ0) is 11.4. The van der Waals surface area contributed by atoms with Crippen LogP contribution >= 0.6 is 0 Å². The molecule has 0 saturated carbocycles. The third kappa shape index (κ3) is 5.34. The molecule has 1 heterocycles. The quantitative estimate of drug-likeness (QED) is 0.585. The van der Waals surface area contributed by atoms with E-state index in [2.05, 4.69) is 10.1 Å². The molecule has 1 rings (SSSR count). The molecule has 0 amide bonds. The Kier molecular flexibility index (Phi) is 4.36. The van der Waals surface area contributed by atoms with Crippen LogP contribution in [0.2, 0.25) is 0 Å². The molecule has 0 spiro atoms. The second-order valence-electron chi connectivity index (χ2n) is 3.96. The predicted molar refractivity (Wildman–Crippen MR) is 48.5 cm³/mol. The van der Waals surface area contributed by atoms with Crippen molar-refractivity contribution >= 4 is 0 Å². The van der Waals surface area contributed by atoms with Gasteiger partial charge in [-0.05, 0) is 26.3 Å². The first-order valence-electron chi connectivity index (χ1n) is 4.90. The van der Waals surface area contributed by atoms with Gasteiger partial charge in [0, 0.05) is 6.54 Å². The van der Waals surface area contributed by atoms with Gasteiger partial charge < -0.3 is 14.8 Å². The highest BCUT2D eigenvalue weighted by atomic mass is 19.4. The van der Waals surface area contributed by atoms with Crippen molar-refractivity contribution in [2.24, 2.45) is 0 Å². The van der Waals surface area contributed by atoms with Crippen LogP contribution in [0.3, 0.4) is 0 Å². The molecule has 0 aromatic carbocycles. The van der Waals surface area contributed by atoms with Crippen molar-refractivity contribution in [1.29, 1.82) is 0 Å². The van der Waals surface area contributed by atoms with Gasteiger partial charge in [0.25, 0.3) is 0 Å². The van der Waals surface area contributed by atoms with Crippen molar-refractivity contribution in [2.75, 3.05) is 26.5 Å². The van der Waals surface area contributed by atoms with Gasteiger partial charge >= 0.3 is 6.18 Å². The Balaban J connectivity index is 2.13. The Bertz CT molecular complexity index is 190. The lowest BCUT2D eigenvalue weighted by Gasteiger charge is -2.33. The molecule has 1 aliphatic heterocycles. The molecule has 1 fully saturated rings. The van der Waals surface area contributed by atoms with E-state index in [0.717, 1.165) is 19.4 Å². The monoisotopic (exact) mass is 227 g/mol. The zero-order valence-electron chi connectivity index (χ0n) is 8.69. The lowest BCUT2D eigenvalue weighted by Crippen LogP contribution is -2.45. The largest absolute Gasteiger partial charge is 0.411 e. The number of hydrogen-bond donors (Lipinski definition) is 1. The van der Waals surface area contributed by atoms with Crippen LogP contribution in [-0.2, 0) is 9.47 Å². The Hall–Kier alpha value is -0.330. The number of rotatable bonds is 4.